The molecule has 2 N–H and O–H groups in total. The maximum absolute atomic E-state index is 8.60. The van der Waals surface area contributed by atoms with Gasteiger partial charge < -0.3 is 5.73 Å². The summed E-state index contributed by atoms with van der Waals surface area (Å²) < 4.78 is 0. The number of hydrogen-bond donors (Lipinski definition) is 1. The average Bonchev–Trinajstić information content (AvgIpc) is 2.04. The summed E-state index contributed by atoms with van der Waals surface area (Å²) in [7, 11) is 0. The molecule has 1 heterocycles. The van der Waals surface area contributed by atoms with Gasteiger partial charge in [-0.05, 0) is 11.6 Å². The molecule has 0 unspecified atom stereocenters. The van der Waals surface area contributed by atoms with E-state index in [9.17, 15) is 0 Å². The largest absolute Gasteiger partial charge is 0.326 e. The van der Waals surface area contributed by atoms with Crippen LogP contribution < -0.4 is 5.73 Å². The lowest BCUT2D eigenvalue weighted by atomic mass is 10.1. The summed E-state index contributed by atoms with van der Waals surface area (Å²) in [4.78, 5) is 3.75. The normalized spacial score (nSPS) is 9.18. The average molecular weight is 168 g/mol. The second kappa shape index (κ2) is 3.33. The standard InChI is InChI=1S/C7H6ClN3/c8-7-6(4-10)5(3-9)1-2-11-7/h1-2H,3,9H2. The Morgan fingerprint density at radius 1 is 1.73 bits per heavy atom. The number of nitriles is 1. The second-order valence-electron chi connectivity index (χ2n) is 1.95. The zero-order chi connectivity index (χ0) is 8.27. The molecule has 0 aliphatic rings. The molecule has 3 nitrogen and oxygen atoms in total. The van der Waals surface area contributed by atoms with E-state index < -0.39 is 0 Å². The van der Waals surface area contributed by atoms with Gasteiger partial charge in [-0.3, -0.25) is 0 Å². The van der Waals surface area contributed by atoms with E-state index in [1.165, 1.54) is 6.20 Å². The van der Waals surface area contributed by atoms with Crippen molar-refractivity contribution in [2.24, 2.45) is 5.73 Å². The van der Waals surface area contributed by atoms with Gasteiger partial charge in [-0.15, -0.1) is 0 Å². The molecule has 0 saturated carbocycles. The fraction of sp³-hybridized carbons (Fsp3) is 0.143. The van der Waals surface area contributed by atoms with Gasteiger partial charge >= 0.3 is 0 Å². The van der Waals surface area contributed by atoms with Crippen LogP contribution in [0.3, 0.4) is 0 Å². The molecular formula is C7H6ClN3. The van der Waals surface area contributed by atoms with Crippen molar-refractivity contribution < 1.29 is 0 Å². The molecule has 0 saturated heterocycles. The minimum absolute atomic E-state index is 0.218. The molecule has 0 aliphatic carbocycles. The molecule has 11 heavy (non-hydrogen) atoms. The van der Waals surface area contributed by atoms with Gasteiger partial charge in [-0.25, -0.2) is 4.98 Å². The summed E-state index contributed by atoms with van der Waals surface area (Å²) in [6, 6.07) is 3.63. The minimum atomic E-state index is 0.218. The lowest BCUT2D eigenvalue weighted by Crippen LogP contribution is -2.00. The van der Waals surface area contributed by atoms with E-state index in [1.807, 2.05) is 6.07 Å². The summed E-state index contributed by atoms with van der Waals surface area (Å²) in [5, 5.41) is 8.82. The van der Waals surface area contributed by atoms with Crippen LogP contribution in [0.5, 0.6) is 0 Å². The Kier molecular flexibility index (Phi) is 2.42. The summed E-state index contributed by atoms with van der Waals surface area (Å²) in [5.74, 6) is 0. The van der Waals surface area contributed by atoms with Gasteiger partial charge in [-0.2, -0.15) is 5.26 Å². The third kappa shape index (κ3) is 1.48. The Hall–Kier alpha value is -1.11. The molecule has 1 aromatic rings. The Bertz CT molecular complexity index is 303. The van der Waals surface area contributed by atoms with Crippen LogP contribution in [0, 0.1) is 11.3 Å². The fourth-order valence-corrected chi connectivity index (χ4v) is 0.981. The smallest absolute Gasteiger partial charge is 0.147 e. The number of aromatic nitrogens is 1. The van der Waals surface area contributed by atoms with Gasteiger partial charge in [0.2, 0.25) is 0 Å². The molecule has 56 valence electrons. The molecule has 4 heteroatoms. The van der Waals surface area contributed by atoms with Crippen LogP contribution in [0.4, 0.5) is 0 Å². The number of rotatable bonds is 1. The second-order valence-corrected chi connectivity index (χ2v) is 2.31. The zero-order valence-electron chi connectivity index (χ0n) is 5.71. The fourth-order valence-electron chi connectivity index (χ4n) is 0.761. The van der Waals surface area contributed by atoms with Crippen LogP contribution in [0.2, 0.25) is 5.15 Å². The molecule has 0 bridgehead atoms. The lowest BCUT2D eigenvalue weighted by Gasteiger charge is -1.99. The van der Waals surface area contributed by atoms with Crippen molar-refractivity contribution in [3.05, 3.63) is 28.5 Å². The van der Waals surface area contributed by atoms with Crippen LogP contribution in [0.25, 0.3) is 0 Å². The van der Waals surface area contributed by atoms with E-state index in [2.05, 4.69) is 4.98 Å². The van der Waals surface area contributed by atoms with E-state index in [4.69, 9.17) is 22.6 Å². The van der Waals surface area contributed by atoms with Gasteiger partial charge in [0.25, 0.3) is 0 Å². The van der Waals surface area contributed by atoms with Gasteiger partial charge in [0, 0.05) is 12.7 Å². The highest BCUT2D eigenvalue weighted by molar-refractivity contribution is 6.30. The number of pyridine rings is 1. The van der Waals surface area contributed by atoms with Gasteiger partial charge in [0.15, 0.2) is 0 Å². The predicted octanol–water partition coefficient (Wildman–Crippen LogP) is 1.07. The molecule has 1 rings (SSSR count). The van der Waals surface area contributed by atoms with E-state index in [-0.39, 0.29) is 5.15 Å². The Morgan fingerprint density at radius 2 is 2.45 bits per heavy atom. The minimum Gasteiger partial charge on any atom is -0.326 e. The number of nitrogens with zero attached hydrogens (tertiary/aromatic N) is 2. The van der Waals surface area contributed by atoms with Crippen molar-refractivity contribution in [1.82, 2.24) is 4.98 Å². The summed E-state index contributed by atoms with van der Waals surface area (Å²) in [6.07, 6.45) is 1.53. The monoisotopic (exact) mass is 167 g/mol. The topological polar surface area (TPSA) is 62.7 Å². The van der Waals surface area contributed by atoms with E-state index >= 15 is 0 Å². The summed E-state index contributed by atoms with van der Waals surface area (Å²) in [6.45, 7) is 0.311. The van der Waals surface area contributed by atoms with Crippen molar-refractivity contribution in [2.45, 2.75) is 6.54 Å². The van der Waals surface area contributed by atoms with Crippen molar-refractivity contribution in [2.75, 3.05) is 0 Å². The molecule has 0 amide bonds. The number of hydrogen-bond acceptors (Lipinski definition) is 3. The summed E-state index contributed by atoms with van der Waals surface area (Å²) >= 11 is 5.62. The van der Waals surface area contributed by atoms with Crippen LogP contribution >= 0.6 is 11.6 Å². The van der Waals surface area contributed by atoms with Gasteiger partial charge in [-0.1, -0.05) is 11.6 Å². The molecule has 0 fully saturated rings. The van der Waals surface area contributed by atoms with E-state index in [0.29, 0.717) is 12.1 Å². The van der Waals surface area contributed by atoms with Crippen LogP contribution in [-0.4, -0.2) is 4.98 Å². The Morgan fingerprint density at radius 3 is 2.91 bits per heavy atom. The van der Waals surface area contributed by atoms with Crippen LogP contribution in [0.1, 0.15) is 11.1 Å². The quantitative estimate of drug-likeness (QED) is 0.637. The third-order valence-electron chi connectivity index (χ3n) is 1.32. The first-order chi connectivity index (χ1) is 5.29. The first-order valence-corrected chi connectivity index (χ1v) is 3.41. The van der Waals surface area contributed by atoms with Crippen LogP contribution in [-0.2, 0) is 6.54 Å². The molecule has 0 atom stereocenters. The summed E-state index contributed by atoms with van der Waals surface area (Å²) in [5.41, 5.74) is 6.46. The SMILES string of the molecule is N#Cc1c(CN)ccnc1Cl. The molecule has 1 aromatic heterocycles. The molecule has 0 aliphatic heterocycles. The first-order valence-electron chi connectivity index (χ1n) is 3.03. The predicted molar refractivity (Wildman–Crippen MR) is 41.9 cm³/mol. The lowest BCUT2D eigenvalue weighted by molar-refractivity contribution is 1.05. The Labute approximate surface area is 69.4 Å². The van der Waals surface area contributed by atoms with Crippen molar-refractivity contribution in [1.29, 1.82) is 5.26 Å². The van der Waals surface area contributed by atoms with E-state index in [1.54, 1.807) is 6.07 Å². The number of halogens is 1. The molecular weight excluding hydrogens is 162 g/mol. The van der Waals surface area contributed by atoms with Crippen molar-refractivity contribution >= 4 is 11.6 Å². The maximum Gasteiger partial charge on any atom is 0.147 e. The van der Waals surface area contributed by atoms with Gasteiger partial charge in [0.1, 0.15) is 11.2 Å². The van der Waals surface area contributed by atoms with Gasteiger partial charge in [0.05, 0.1) is 5.56 Å². The molecule has 0 radical (unpaired) electrons. The Balaban J connectivity index is 3.27. The number of nitrogens with two attached hydrogens (primary N) is 1. The highest BCUT2D eigenvalue weighted by atomic mass is 35.5. The van der Waals surface area contributed by atoms with Crippen LogP contribution in [0.15, 0.2) is 12.3 Å². The maximum atomic E-state index is 8.60. The zero-order valence-corrected chi connectivity index (χ0v) is 6.47. The highest BCUT2D eigenvalue weighted by Crippen LogP contribution is 2.14. The van der Waals surface area contributed by atoms with Crippen molar-refractivity contribution in [3.63, 3.8) is 0 Å². The van der Waals surface area contributed by atoms with E-state index in [0.717, 1.165) is 5.56 Å². The molecule has 0 spiro atoms. The van der Waals surface area contributed by atoms with Crippen molar-refractivity contribution in [3.8, 4) is 6.07 Å². The highest BCUT2D eigenvalue weighted by Gasteiger charge is 2.04. The molecule has 0 aromatic carbocycles. The first kappa shape index (κ1) is 7.99. The third-order valence-corrected chi connectivity index (χ3v) is 1.61.